The van der Waals surface area contributed by atoms with Gasteiger partial charge in [-0.3, -0.25) is 10.9 Å². The first-order chi connectivity index (χ1) is 16.8. The molecule has 0 heterocycles. The SMILES string of the molecule is CCNC(=S)NN=C(C(=NNC(=S)NCC(F)(F)F)c1ccccc1)c1cccc2ccccc12. The molecule has 0 aliphatic heterocycles. The number of nitrogens with zero attached hydrogens (tertiary/aromatic N) is 2. The van der Waals surface area contributed by atoms with Crippen LogP contribution < -0.4 is 21.5 Å². The maximum Gasteiger partial charge on any atom is 0.405 e. The Labute approximate surface area is 211 Å². The fraction of sp³-hybridized carbons (Fsp3) is 0.167. The molecule has 0 aromatic heterocycles. The predicted octanol–water partition coefficient (Wildman–Crippen LogP) is 4.46. The van der Waals surface area contributed by atoms with Gasteiger partial charge in [-0.1, -0.05) is 72.8 Å². The van der Waals surface area contributed by atoms with Crippen molar-refractivity contribution in [1.29, 1.82) is 0 Å². The van der Waals surface area contributed by atoms with Gasteiger partial charge in [0.25, 0.3) is 0 Å². The van der Waals surface area contributed by atoms with Crippen molar-refractivity contribution < 1.29 is 13.2 Å². The van der Waals surface area contributed by atoms with Gasteiger partial charge in [-0.15, -0.1) is 0 Å². The van der Waals surface area contributed by atoms with Crippen molar-refractivity contribution in [3.05, 3.63) is 83.9 Å². The second-order valence-electron chi connectivity index (χ2n) is 7.19. The highest BCUT2D eigenvalue weighted by Crippen LogP contribution is 2.21. The average molecular weight is 517 g/mol. The van der Waals surface area contributed by atoms with Crippen molar-refractivity contribution in [2.75, 3.05) is 13.1 Å². The first-order valence-corrected chi connectivity index (χ1v) is 11.4. The fourth-order valence-corrected chi connectivity index (χ4v) is 3.46. The van der Waals surface area contributed by atoms with Crippen LogP contribution in [0.2, 0.25) is 0 Å². The van der Waals surface area contributed by atoms with Crippen LogP contribution in [0.5, 0.6) is 0 Å². The summed E-state index contributed by atoms with van der Waals surface area (Å²) in [7, 11) is 0. The summed E-state index contributed by atoms with van der Waals surface area (Å²) < 4.78 is 37.8. The number of benzene rings is 3. The highest BCUT2D eigenvalue weighted by Gasteiger charge is 2.27. The van der Waals surface area contributed by atoms with E-state index >= 15 is 0 Å². The smallest absolute Gasteiger partial charge is 0.362 e. The fourth-order valence-electron chi connectivity index (χ4n) is 3.16. The maximum absolute atomic E-state index is 12.6. The molecule has 0 amide bonds. The van der Waals surface area contributed by atoms with E-state index in [0.717, 1.165) is 16.3 Å². The molecule has 0 aliphatic carbocycles. The normalized spacial score (nSPS) is 12.2. The Morgan fingerprint density at radius 2 is 1.37 bits per heavy atom. The Kier molecular flexibility index (Phi) is 9.10. The Bertz CT molecular complexity index is 1240. The molecule has 0 radical (unpaired) electrons. The number of hydrogen-bond acceptors (Lipinski definition) is 4. The maximum atomic E-state index is 12.6. The molecule has 0 aliphatic rings. The highest BCUT2D eigenvalue weighted by atomic mass is 32.1. The minimum absolute atomic E-state index is 0.274. The monoisotopic (exact) mass is 516 g/mol. The molecule has 0 atom stereocenters. The average Bonchev–Trinajstić information content (AvgIpc) is 2.85. The van der Waals surface area contributed by atoms with Crippen molar-refractivity contribution in [3.8, 4) is 0 Å². The Balaban J connectivity index is 2.10. The molecule has 0 saturated heterocycles. The van der Waals surface area contributed by atoms with Crippen molar-refractivity contribution >= 4 is 56.9 Å². The van der Waals surface area contributed by atoms with Crippen molar-refractivity contribution in [1.82, 2.24) is 21.5 Å². The molecule has 182 valence electrons. The third-order valence-corrected chi connectivity index (χ3v) is 5.11. The number of thiocarbonyl (C=S) groups is 2. The molecule has 0 spiro atoms. The van der Waals surface area contributed by atoms with Gasteiger partial charge in [0, 0.05) is 17.7 Å². The van der Waals surface area contributed by atoms with Crippen LogP contribution in [0, 0.1) is 0 Å². The molecule has 3 rings (SSSR count). The van der Waals surface area contributed by atoms with E-state index in [2.05, 4.69) is 31.7 Å². The minimum Gasteiger partial charge on any atom is -0.362 e. The lowest BCUT2D eigenvalue weighted by molar-refractivity contribution is -0.122. The summed E-state index contributed by atoms with van der Waals surface area (Å²) in [4.78, 5) is 0. The van der Waals surface area contributed by atoms with Gasteiger partial charge in [0.1, 0.15) is 18.0 Å². The van der Waals surface area contributed by atoms with E-state index in [0.29, 0.717) is 28.6 Å². The van der Waals surface area contributed by atoms with Crippen LogP contribution in [-0.4, -0.2) is 40.9 Å². The summed E-state index contributed by atoms with van der Waals surface area (Å²) in [5, 5.41) is 15.9. The van der Waals surface area contributed by atoms with E-state index in [9.17, 15) is 13.2 Å². The molecule has 0 saturated carbocycles. The van der Waals surface area contributed by atoms with E-state index in [1.165, 1.54) is 0 Å². The number of hydrogen-bond donors (Lipinski definition) is 4. The summed E-state index contributed by atoms with van der Waals surface area (Å²) in [5.74, 6) is 0. The molecule has 6 nitrogen and oxygen atoms in total. The van der Waals surface area contributed by atoms with Crippen LogP contribution in [0.3, 0.4) is 0 Å². The van der Waals surface area contributed by atoms with Gasteiger partial charge in [-0.2, -0.15) is 23.4 Å². The summed E-state index contributed by atoms with van der Waals surface area (Å²) >= 11 is 10.3. The number of fused-ring (bicyclic) bond motifs is 1. The lowest BCUT2D eigenvalue weighted by atomic mass is 9.95. The quantitative estimate of drug-likeness (QED) is 0.211. The Morgan fingerprint density at radius 1 is 0.771 bits per heavy atom. The summed E-state index contributed by atoms with van der Waals surface area (Å²) in [6.45, 7) is 1.22. The standard InChI is InChI=1S/C24H23F3N6S2/c1-2-28-22(34)32-31-21(19-14-8-12-16-9-6-7-13-18(16)19)20(17-10-4-3-5-11-17)30-33-23(35)29-15-24(25,26)27/h3-14H,2,15H2,1H3,(H2,28,32,34)(H2,29,33,35). The van der Waals surface area contributed by atoms with E-state index in [4.69, 9.17) is 24.4 Å². The zero-order valence-electron chi connectivity index (χ0n) is 18.7. The van der Waals surface area contributed by atoms with Crippen LogP contribution in [0.4, 0.5) is 13.2 Å². The Hall–Kier alpha value is -3.57. The van der Waals surface area contributed by atoms with Crippen molar-refractivity contribution in [2.45, 2.75) is 13.1 Å². The molecular formula is C24H23F3N6S2. The first-order valence-electron chi connectivity index (χ1n) is 10.6. The molecule has 0 unspecified atom stereocenters. The highest BCUT2D eigenvalue weighted by molar-refractivity contribution is 7.80. The largest absolute Gasteiger partial charge is 0.405 e. The van der Waals surface area contributed by atoms with Crippen LogP contribution in [0.25, 0.3) is 10.8 Å². The Morgan fingerprint density at radius 3 is 2.06 bits per heavy atom. The number of nitrogens with one attached hydrogen (secondary N) is 4. The van der Waals surface area contributed by atoms with E-state index in [-0.39, 0.29) is 5.11 Å². The molecule has 35 heavy (non-hydrogen) atoms. The van der Waals surface area contributed by atoms with Gasteiger partial charge < -0.3 is 10.6 Å². The van der Waals surface area contributed by atoms with Crippen LogP contribution in [-0.2, 0) is 0 Å². The summed E-state index contributed by atoms with van der Waals surface area (Å²) in [5.41, 5.74) is 7.53. The number of hydrazone groups is 2. The van der Waals surface area contributed by atoms with Gasteiger partial charge in [-0.25, -0.2) is 0 Å². The molecule has 0 fully saturated rings. The summed E-state index contributed by atoms with van der Waals surface area (Å²) in [6.07, 6.45) is -4.42. The van der Waals surface area contributed by atoms with Gasteiger partial charge in [0.15, 0.2) is 10.2 Å². The lowest BCUT2D eigenvalue weighted by Crippen LogP contribution is -2.39. The van der Waals surface area contributed by atoms with Crippen LogP contribution in [0.1, 0.15) is 18.1 Å². The van der Waals surface area contributed by atoms with E-state index in [1.807, 2.05) is 79.7 Å². The number of alkyl halides is 3. The molecule has 3 aromatic rings. The van der Waals surface area contributed by atoms with E-state index < -0.39 is 12.7 Å². The number of halogens is 3. The molecule has 4 N–H and O–H groups in total. The predicted molar refractivity (Wildman–Crippen MR) is 143 cm³/mol. The second-order valence-corrected chi connectivity index (χ2v) is 8.01. The first kappa shape index (κ1) is 26.0. The molecule has 3 aromatic carbocycles. The van der Waals surface area contributed by atoms with Gasteiger partial charge >= 0.3 is 6.18 Å². The summed E-state index contributed by atoms with van der Waals surface area (Å²) in [6, 6.07) is 22.6. The third kappa shape index (κ3) is 7.72. The molecule has 0 bridgehead atoms. The van der Waals surface area contributed by atoms with Crippen molar-refractivity contribution in [3.63, 3.8) is 0 Å². The van der Waals surface area contributed by atoms with Gasteiger partial charge in [-0.05, 0) is 42.1 Å². The van der Waals surface area contributed by atoms with Crippen LogP contribution in [0.15, 0.2) is 83.0 Å². The third-order valence-electron chi connectivity index (χ3n) is 4.64. The van der Waals surface area contributed by atoms with Crippen LogP contribution >= 0.6 is 24.4 Å². The lowest BCUT2D eigenvalue weighted by Gasteiger charge is -2.15. The number of rotatable bonds is 7. The second kappa shape index (κ2) is 12.2. The van der Waals surface area contributed by atoms with Gasteiger partial charge in [0.05, 0.1) is 0 Å². The zero-order valence-corrected chi connectivity index (χ0v) is 20.3. The topological polar surface area (TPSA) is 72.8 Å². The molecule has 11 heteroatoms. The van der Waals surface area contributed by atoms with E-state index in [1.54, 1.807) is 0 Å². The van der Waals surface area contributed by atoms with Gasteiger partial charge in [0.2, 0.25) is 0 Å². The molecular weight excluding hydrogens is 493 g/mol. The zero-order chi connectivity index (χ0) is 25.3. The van der Waals surface area contributed by atoms with Crippen molar-refractivity contribution in [2.24, 2.45) is 10.2 Å². The minimum atomic E-state index is -4.42.